The molecule has 0 N–H and O–H groups in total. The molecule has 0 aromatic heterocycles. The van der Waals surface area contributed by atoms with Crippen molar-refractivity contribution in [1.82, 2.24) is 0 Å². The summed E-state index contributed by atoms with van der Waals surface area (Å²) in [4.78, 5) is 0. The van der Waals surface area contributed by atoms with Gasteiger partial charge in [-0.1, -0.05) is 26.7 Å². The molecule has 2 atom stereocenters. The smallest absolute Gasteiger partial charge is 0.0737 e. The van der Waals surface area contributed by atoms with E-state index in [2.05, 4.69) is 20.8 Å². The van der Waals surface area contributed by atoms with E-state index >= 15 is 0 Å². The zero-order chi connectivity index (χ0) is 9.53. The Bertz CT molecular complexity index is 193. The molecule has 1 saturated heterocycles. The molecule has 2 rings (SSSR count). The van der Waals surface area contributed by atoms with Crippen LogP contribution in [0.3, 0.4) is 0 Å². The highest BCUT2D eigenvalue weighted by molar-refractivity contribution is 5.01. The second-order valence-electron chi connectivity index (χ2n) is 5.55. The van der Waals surface area contributed by atoms with Gasteiger partial charge in [-0.15, -0.1) is 0 Å². The van der Waals surface area contributed by atoms with Crippen molar-refractivity contribution in [1.29, 1.82) is 0 Å². The third kappa shape index (κ3) is 1.41. The fourth-order valence-corrected chi connectivity index (χ4v) is 3.16. The summed E-state index contributed by atoms with van der Waals surface area (Å²) in [5.74, 6) is 0. The van der Waals surface area contributed by atoms with Gasteiger partial charge in [0.25, 0.3) is 0 Å². The monoisotopic (exact) mass is 182 g/mol. The second-order valence-corrected chi connectivity index (χ2v) is 5.55. The van der Waals surface area contributed by atoms with Crippen molar-refractivity contribution < 1.29 is 4.74 Å². The molecule has 13 heavy (non-hydrogen) atoms. The first-order valence-corrected chi connectivity index (χ1v) is 5.74. The average molecular weight is 182 g/mol. The van der Waals surface area contributed by atoms with Gasteiger partial charge >= 0.3 is 0 Å². The molecule has 0 amide bonds. The molecule has 76 valence electrons. The topological polar surface area (TPSA) is 9.23 Å². The van der Waals surface area contributed by atoms with E-state index in [0.717, 1.165) is 0 Å². The van der Waals surface area contributed by atoms with Gasteiger partial charge in [-0.3, -0.25) is 0 Å². The van der Waals surface area contributed by atoms with Crippen molar-refractivity contribution in [2.24, 2.45) is 5.41 Å². The van der Waals surface area contributed by atoms with Crippen LogP contribution in [0, 0.1) is 5.41 Å². The minimum Gasteiger partial charge on any atom is -0.372 e. The molecule has 0 radical (unpaired) electrons. The van der Waals surface area contributed by atoms with E-state index in [9.17, 15) is 0 Å². The van der Waals surface area contributed by atoms with Crippen LogP contribution in [0.15, 0.2) is 0 Å². The minimum atomic E-state index is 0.241. The van der Waals surface area contributed by atoms with Crippen LogP contribution in [0.2, 0.25) is 0 Å². The summed E-state index contributed by atoms with van der Waals surface area (Å²) in [5, 5.41) is 0. The highest BCUT2D eigenvalue weighted by atomic mass is 16.5. The first-order chi connectivity index (χ1) is 6.06. The lowest BCUT2D eigenvalue weighted by atomic mass is 9.64. The molecule has 1 heterocycles. The first-order valence-electron chi connectivity index (χ1n) is 5.74. The van der Waals surface area contributed by atoms with Crippen molar-refractivity contribution in [3.8, 4) is 0 Å². The Labute approximate surface area is 81.9 Å². The summed E-state index contributed by atoms with van der Waals surface area (Å²) in [5.41, 5.74) is 0.653. The van der Waals surface area contributed by atoms with Gasteiger partial charge in [0.1, 0.15) is 0 Å². The Balaban J connectivity index is 2.19. The first kappa shape index (κ1) is 9.51. The molecule has 2 fully saturated rings. The summed E-state index contributed by atoms with van der Waals surface area (Å²) in [6.07, 6.45) is 8.47. The average Bonchev–Trinajstić information content (AvgIpc) is 2.41. The predicted molar refractivity (Wildman–Crippen MR) is 54.8 cm³/mol. The largest absolute Gasteiger partial charge is 0.372 e. The predicted octanol–water partition coefficient (Wildman–Crippen LogP) is 3.52. The van der Waals surface area contributed by atoms with E-state index < -0.39 is 0 Å². The van der Waals surface area contributed by atoms with Gasteiger partial charge < -0.3 is 4.74 Å². The molecule has 2 aliphatic rings. The molecule has 1 aliphatic heterocycles. The number of hydrogen-bond acceptors (Lipinski definition) is 1. The highest BCUT2D eigenvalue weighted by Crippen LogP contribution is 2.52. The maximum atomic E-state index is 6.20. The SMILES string of the molecule is C[C@@H]1CC[C@@]2(CCCCC2(C)C)O1. The van der Waals surface area contributed by atoms with Crippen LogP contribution >= 0.6 is 0 Å². The molecular weight excluding hydrogens is 160 g/mol. The zero-order valence-electron chi connectivity index (χ0n) is 9.23. The van der Waals surface area contributed by atoms with E-state index in [1.54, 1.807) is 0 Å². The van der Waals surface area contributed by atoms with Gasteiger partial charge in [0.15, 0.2) is 0 Å². The Morgan fingerprint density at radius 2 is 1.77 bits per heavy atom. The van der Waals surface area contributed by atoms with Gasteiger partial charge in [0, 0.05) is 0 Å². The molecule has 0 unspecified atom stereocenters. The lowest BCUT2D eigenvalue weighted by Crippen LogP contribution is -2.47. The summed E-state index contributed by atoms with van der Waals surface area (Å²) >= 11 is 0. The Kier molecular flexibility index (Phi) is 2.18. The standard InChI is InChI=1S/C12H22O/c1-10-6-9-12(13-10)8-5-4-7-11(12,2)3/h10H,4-9H2,1-3H3/t10-,12-/m1/s1. The number of ether oxygens (including phenoxy) is 1. The van der Waals surface area contributed by atoms with Crippen LogP contribution in [0.1, 0.15) is 59.3 Å². The summed E-state index contributed by atoms with van der Waals surface area (Å²) in [6, 6.07) is 0. The maximum absolute atomic E-state index is 6.20. The summed E-state index contributed by atoms with van der Waals surface area (Å²) in [6.45, 7) is 7.01. The van der Waals surface area contributed by atoms with Crippen molar-refractivity contribution >= 4 is 0 Å². The van der Waals surface area contributed by atoms with Crippen LogP contribution in [0.5, 0.6) is 0 Å². The van der Waals surface area contributed by atoms with Crippen LogP contribution in [0.25, 0.3) is 0 Å². The number of rotatable bonds is 0. The van der Waals surface area contributed by atoms with Crippen molar-refractivity contribution in [3.05, 3.63) is 0 Å². The van der Waals surface area contributed by atoms with Gasteiger partial charge in [-0.2, -0.15) is 0 Å². The lowest BCUT2D eigenvalue weighted by molar-refractivity contribution is -0.132. The zero-order valence-corrected chi connectivity index (χ0v) is 9.23. The van der Waals surface area contributed by atoms with Crippen molar-refractivity contribution in [2.75, 3.05) is 0 Å². The highest BCUT2D eigenvalue weighted by Gasteiger charge is 2.50. The second kappa shape index (κ2) is 2.98. The van der Waals surface area contributed by atoms with Crippen LogP contribution in [0.4, 0.5) is 0 Å². The summed E-state index contributed by atoms with van der Waals surface area (Å²) in [7, 11) is 0. The fourth-order valence-electron chi connectivity index (χ4n) is 3.16. The third-order valence-electron chi connectivity index (χ3n) is 4.25. The quantitative estimate of drug-likeness (QED) is 0.557. The van der Waals surface area contributed by atoms with Crippen molar-refractivity contribution in [3.63, 3.8) is 0 Å². The maximum Gasteiger partial charge on any atom is 0.0737 e. The summed E-state index contributed by atoms with van der Waals surface area (Å²) < 4.78 is 6.20. The molecule has 0 aromatic carbocycles. The lowest BCUT2D eigenvalue weighted by Gasteiger charge is -2.47. The molecule has 1 heteroatoms. The Hall–Kier alpha value is -0.0400. The third-order valence-corrected chi connectivity index (χ3v) is 4.25. The normalized spacial score (nSPS) is 44.1. The van der Waals surface area contributed by atoms with Crippen LogP contribution < -0.4 is 0 Å². The molecule has 1 spiro atoms. The van der Waals surface area contributed by atoms with Crippen LogP contribution in [-0.2, 0) is 4.74 Å². The molecule has 1 nitrogen and oxygen atoms in total. The van der Waals surface area contributed by atoms with Crippen LogP contribution in [-0.4, -0.2) is 11.7 Å². The molecule has 0 aromatic rings. The molecule has 0 bridgehead atoms. The van der Waals surface area contributed by atoms with E-state index in [4.69, 9.17) is 4.74 Å². The van der Waals surface area contributed by atoms with E-state index in [1.165, 1.54) is 38.5 Å². The fraction of sp³-hybridized carbons (Fsp3) is 1.00. The van der Waals surface area contributed by atoms with Gasteiger partial charge in [-0.25, -0.2) is 0 Å². The Morgan fingerprint density at radius 3 is 2.31 bits per heavy atom. The number of hydrogen-bond donors (Lipinski definition) is 0. The van der Waals surface area contributed by atoms with Gasteiger partial charge in [0.2, 0.25) is 0 Å². The van der Waals surface area contributed by atoms with Gasteiger partial charge in [-0.05, 0) is 38.0 Å². The molecular formula is C12H22O. The molecule has 1 saturated carbocycles. The van der Waals surface area contributed by atoms with Crippen molar-refractivity contribution in [2.45, 2.75) is 71.0 Å². The van der Waals surface area contributed by atoms with E-state index in [-0.39, 0.29) is 5.60 Å². The minimum absolute atomic E-state index is 0.241. The van der Waals surface area contributed by atoms with E-state index in [1.807, 2.05) is 0 Å². The van der Waals surface area contributed by atoms with Gasteiger partial charge in [0.05, 0.1) is 11.7 Å². The molecule has 1 aliphatic carbocycles. The van der Waals surface area contributed by atoms with E-state index in [0.29, 0.717) is 11.5 Å². The Morgan fingerprint density at radius 1 is 1.08 bits per heavy atom.